The van der Waals surface area contributed by atoms with E-state index in [-0.39, 0.29) is 24.3 Å². The fourth-order valence-electron chi connectivity index (χ4n) is 2.98. The topological polar surface area (TPSA) is 75.7 Å². The van der Waals surface area contributed by atoms with Crippen LogP contribution in [-0.2, 0) is 4.79 Å². The molecule has 0 saturated carbocycles. The van der Waals surface area contributed by atoms with Gasteiger partial charge in [-0.15, -0.1) is 0 Å². The van der Waals surface area contributed by atoms with Crippen molar-refractivity contribution in [2.75, 3.05) is 16.8 Å². The van der Waals surface area contributed by atoms with Crippen molar-refractivity contribution in [1.29, 1.82) is 0 Å². The molecule has 3 aromatic rings. The molecular formula is C22H16N2O4. The van der Waals surface area contributed by atoms with Gasteiger partial charge in [0.1, 0.15) is 5.75 Å². The molecule has 4 rings (SSSR count). The summed E-state index contributed by atoms with van der Waals surface area (Å²) in [5.74, 6) is -0.404. The molecule has 3 amide bonds. The minimum absolute atomic E-state index is 0.121. The standard InChI is InChI=1S/C22H16N2O4/c25-20(14-28-17-6-2-1-3-7-17)23-15-10-12-16(13-11-15)24-21(26)18-8-4-5-9-19(18)22(24)27/h1-13H,14H2,(H,23,25). The third-order valence-corrected chi connectivity index (χ3v) is 4.32. The molecule has 0 bridgehead atoms. The third-order valence-electron chi connectivity index (χ3n) is 4.32. The second-order valence-corrected chi connectivity index (χ2v) is 6.19. The first kappa shape index (κ1) is 17.5. The SMILES string of the molecule is O=C(COc1ccccc1)Nc1ccc(N2C(=O)c3ccccc3C2=O)cc1. The van der Waals surface area contributed by atoms with Crippen LogP contribution in [0.1, 0.15) is 20.7 Å². The Morgan fingerprint density at radius 3 is 1.96 bits per heavy atom. The molecule has 6 nitrogen and oxygen atoms in total. The van der Waals surface area contributed by atoms with Crippen LogP contribution in [0.5, 0.6) is 5.75 Å². The predicted molar refractivity (Wildman–Crippen MR) is 105 cm³/mol. The molecule has 3 aromatic carbocycles. The van der Waals surface area contributed by atoms with E-state index in [9.17, 15) is 14.4 Å². The minimum Gasteiger partial charge on any atom is -0.484 e. The first-order valence-electron chi connectivity index (χ1n) is 8.69. The van der Waals surface area contributed by atoms with E-state index < -0.39 is 0 Å². The van der Waals surface area contributed by atoms with E-state index in [1.807, 2.05) is 18.2 Å². The number of amides is 3. The average Bonchev–Trinajstić information content (AvgIpc) is 2.99. The number of para-hydroxylation sites is 1. The zero-order chi connectivity index (χ0) is 19.5. The summed E-state index contributed by atoms with van der Waals surface area (Å²) < 4.78 is 5.40. The Hall–Kier alpha value is -3.93. The van der Waals surface area contributed by atoms with Crippen LogP contribution >= 0.6 is 0 Å². The number of carbonyl (C=O) groups is 3. The lowest BCUT2D eigenvalue weighted by molar-refractivity contribution is -0.118. The van der Waals surface area contributed by atoms with Crippen LogP contribution in [0.2, 0.25) is 0 Å². The molecule has 0 radical (unpaired) electrons. The molecule has 0 atom stereocenters. The third kappa shape index (κ3) is 3.35. The number of fused-ring (bicyclic) bond motifs is 1. The van der Waals surface area contributed by atoms with Gasteiger partial charge in [0.25, 0.3) is 17.7 Å². The lowest BCUT2D eigenvalue weighted by Crippen LogP contribution is -2.29. The number of rotatable bonds is 5. The van der Waals surface area contributed by atoms with E-state index >= 15 is 0 Å². The van der Waals surface area contributed by atoms with Crippen LogP contribution in [0.25, 0.3) is 0 Å². The fraction of sp³-hybridized carbons (Fsp3) is 0.0455. The highest BCUT2D eigenvalue weighted by Crippen LogP contribution is 2.29. The lowest BCUT2D eigenvalue weighted by atomic mass is 10.1. The number of benzene rings is 3. The maximum Gasteiger partial charge on any atom is 0.266 e. The molecule has 1 aliphatic rings. The van der Waals surface area contributed by atoms with Gasteiger partial charge in [-0.1, -0.05) is 30.3 Å². The van der Waals surface area contributed by atoms with Gasteiger partial charge in [0, 0.05) is 5.69 Å². The van der Waals surface area contributed by atoms with Gasteiger partial charge >= 0.3 is 0 Å². The number of imide groups is 1. The second kappa shape index (κ2) is 7.36. The highest BCUT2D eigenvalue weighted by Gasteiger charge is 2.36. The molecule has 0 aliphatic carbocycles. The molecule has 0 spiro atoms. The van der Waals surface area contributed by atoms with Crippen molar-refractivity contribution in [3.8, 4) is 5.75 Å². The Balaban J connectivity index is 1.41. The van der Waals surface area contributed by atoms with Gasteiger partial charge in [-0.25, -0.2) is 4.90 Å². The number of nitrogens with one attached hydrogen (secondary N) is 1. The Labute approximate surface area is 161 Å². The van der Waals surface area contributed by atoms with E-state index in [1.54, 1.807) is 60.7 Å². The Bertz CT molecular complexity index is 1010. The molecule has 1 heterocycles. The second-order valence-electron chi connectivity index (χ2n) is 6.19. The van der Waals surface area contributed by atoms with Crippen LogP contribution in [-0.4, -0.2) is 24.3 Å². The molecule has 138 valence electrons. The largest absolute Gasteiger partial charge is 0.484 e. The van der Waals surface area contributed by atoms with Crippen molar-refractivity contribution < 1.29 is 19.1 Å². The molecule has 28 heavy (non-hydrogen) atoms. The Morgan fingerprint density at radius 2 is 1.36 bits per heavy atom. The van der Waals surface area contributed by atoms with Gasteiger partial charge in [-0.05, 0) is 48.5 Å². The van der Waals surface area contributed by atoms with E-state index in [2.05, 4.69) is 5.32 Å². The number of anilines is 2. The highest BCUT2D eigenvalue weighted by atomic mass is 16.5. The normalized spacial score (nSPS) is 12.6. The summed E-state index contributed by atoms with van der Waals surface area (Å²) in [5, 5.41) is 2.72. The summed E-state index contributed by atoms with van der Waals surface area (Å²) in [7, 11) is 0. The van der Waals surface area contributed by atoms with Crippen LogP contribution in [0.4, 0.5) is 11.4 Å². The molecule has 1 N–H and O–H groups in total. The molecule has 0 saturated heterocycles. The molecule has 0 fully saturated rings. The van der Waals surface area contributed by atoms with Crippen molar-refractivity contribution in [3.63, 3.8) is 0 Å². The smallest absolute Gasteiger partial charge is 0.266 e. The maximum atomic E-state index is 12.5. The predicted octanol–water partition coefficient (Wildman–Crippen LogP) is 3.50. The van der Waals surface area contributed by atoms with Crippen molar-refractivity contribution in [2.45, 2.75) is 0 Å². The summed E-state index contributed by atoms with van der Waals surface area (Å²) in [4.78, 5) is 38.2. The van der Waals surface area contributed by atoms with Gasteiger partial charge in [-0.3, -0.25) is 14.4 Å². The summed E-state index contributed by atoms with van der Waals surface area (Å²) >= 11 is 0. The summed E-state index contributed by atoms with van der Waals surface area (Å²) in [6.07, 6.45) is 0. The minimum atomic E-state index is -0.353. The van der Waals surface area contributed by atoms with Crippen molar-refractivity contribution in [1.82, 2.24) is 0 Å². The van der Waals surface area contributed by atoms with Crippen molar-refractivity contribution in [2.24, 2.45) is 0 Å². The average molecular weight is 372 g/mol. The zero-order valence-corrected chi connectivity index (χ0v) is 14.8. The molecular weight excluding hydrogens is 356 g/mol. The fourth-order valence-corrected chi connectivity index (χ4v) is 2.98. The van der Waals surface area contributed by atoms with E-state index in [1.165, 1.54) is 0 Å². The van der Waals surface area contributed by atoms with E-state index in [4.69, 9.17) is 4.74 Å². The van der Waals surface area contributed by atoms with Gasteiger partial charge in [0.05, 0.1) is 16.8 Å². The summed E-state index contributed by atoms with van der Waals surface area (Å²) in [5.41, 5.74) is 1.78. The van der Waals surface area contributed by atoms with Crippen LogP contribution in [0, 0.1) is 0 Å². The van der Waals surface area contributed by atoms with Crippen LogP contribution in [0.3, 0.4) is 0 Å². The first-order valence-corrected chi connectivity index (χ1v) is 8.69. The number of hydrogen-bond acceptors (Lipinski definition) is 4. The number of carbonyl (C=O) groups excluding carboxylic acids is 3. The van der Waals surface area contributed by atoms with Crippen LogP contribution < -0.4 is 15.0 Å². The molecule has 0 unspecified atom stereocenters. The summed E-state index contributed by atoms with van der Waals surface area (Å²) in [6, 6.07) is 22.3. The molecule has 1 aliphatic heterocycles. The van der Waals surface area contributed by atoms with Gasteiger partial charge in [0.15, 0.2) is 6.61 Å². The Kier molecular flexibility index (Phi) is 4.60. The van der Waals surface area contributed by atoms with Crippen LogP contribution in [0.15, 0.2) is 78.9 Å². The van der Waals surface area contributed by atoms with Crippen molar-refractivity contribution in [3.05, 3.63) is 90.0 Å². The molecule has 0 aromatic heterocycles. The first-order chi connectivity index (χ1) is 13.6. The monoisotopic (exact) mass is 372 g/mol. The van der Waals surface area contributed by atoms with Gasteiger partial charge in [0.2, 0.25) is 0 Å². The van der Waals surface area contributed by atoms with E-state index in [0.717, 1.165) is 4.90 Å². The Morgan fingerprint density at radius 1 is 0.786 bits per heavy atom. The molecule has 6 heteroatoms. The van der Waals surface area contributed by atoms with Gasteiger partial charge < -0.3 is 10.1 Å². The number of hydrogen-bond donors (Lipinski definition) is 1. The number of ether oxygens (including phenoxy) is 1. The van der Waals surface area contributed by atoms with Gasteiger partial charge in [-0.2, -0.15) is 0 Å². The highest BCUT2D eigenvalue weighted by molar-refractivity contribution is 6.34. The summed E-state index contributed by atoms with van der Waals surface area (Å²) in [6.45, 7) is -0.121. The maximum absolute atomic E-state index is 12.5. The lowest BCUT2D eigenvalue weighted by Gasteiger charge is -2.14. The quantitative estimate of drug-likeness (QED) is 0.696. The zero-order valence-electron chi connectivity index (χ0n) is 14.8. The van der Waals surface area contributed by atoms with E-state index in [0.29, 0.717) is 28.3 Å². The van der Waals surface area contributed by atoms with Crippen molar-refractivity contribution >= 4 is 29.1 Å². The number of nitrogens with zero attached hydrogens (tertiary/aromatic N) is 1.